The Bertz CT molecular complexity index is 235. The van der Waals surface area contributed by atoms with Crippen molar-refractivity contribution in [2.45, 2.75) is 52.0 Å². The number of hydrogen-bond acceptors (Lipinski definition) is 3. The predicted molar refractivity (Wildman–Crippen MR) is 75.3 cm³/mol. The van der Waals surface area contributed by atoms with Crippen LogP contribution in [0.4, 0.5) is 0 Å². The molecule has 0 bridgehead atoms. The van der Waals surface area contributed by atoms with Crippen LogP contribution in [0.1, 0.15) is 46.0 Å². The van der Waals surface area contributed by atoms with Gasteiger partial charge < -0.3 is 16.0 Å². The molecule has 4 nitrogen and oxygen atoms in total. The first-order valence-electron chi connectivity index (χ1n) is 7.37. The zero-order chi connectivity index (χ0) is 13.4. The monoisotopic (exact) mass is 255 g/mol. The number of rotatable bonds is 7. The average molecular weight is 255 g/mol. The molecule has 4 heteroatoms. The summed E-state index contributed by atoms with van der Waals surface area (Å²) in [6, 6.07) is 0.242. The third-order valence-corrected chi connectivity index (χ3v) is 3.77. The second kappa shape index (κ2) is 8.48. The Labute approximate surface area is 111 Å². The summed E-state index contributed by atoms with van der Waals surface area (Å²) in [6.45, 7) is 8.12. The lowest BCUT2D eigenvalue weighted by Crippen LogP contribution is -2.44. The standard InChI is InChI=1S/C14H29N3O/c1-3-13(10-15)9-14(18)16-12(2)11-17-7-5-4-6-8-17/h12-13H,3-11,15H2,1-2H3,(H,16,18). The molecule has 1 aliphatic rings. The molecular formula is C14H29N3O. The largest absolute Gasteiger partial charge is 0.352 e. The van der Waals surface area contributed by atoms with Gasteiger partial charge in [0.05, 0.1) is 0 Å². The van der Waals surface area contributed by atoms with Crippen LogP contribution >= 0.6 is 0 Å². The minimum atomic E-state index is 0.150. The molecule has 0 aromatic rings. The van der Waals surface area contributed by atoms with Crippen molar-refractivity contribution in [2.24, 2.45) is 11.7 Å². The molecule has 3 N–H and O–H groups in total. The number of carbonyl (C=O) groups is 1. The highest BCUT2D eigenvalue weighted by molar-refractivity contribution is 5.76. The maximum atomic E-state index is 11.8. The summed E-state index contributed by atoms with van der Waals surface area (Å²) in [6.07, 6.45) is 5.49. The van der Waals surface area contributed by atoms with Gasteiger partial charge in [0, 0.05) is 19.0 Å². The molecule has 1 aliphatic heterocycles. The first-order chi connectivity index (χ1) is 8.65. The highest BCUT2D eigenvalue weighted by Crippen LogP contribution is 2.09. The zero-order valence-corrected chi connectivity index (χ0v) is 12.0. The van der Waals surface area contributed by atoms with E-state index in [4.69, 9.17) is 5.73 Å². The lowest BCUT2D eigenvalue weighted by molar-refractivity contribution is -0.122. The van der Waals surface area contributed by atoms with E-state index in [0.717, 1.165) is 13.0 Å². The first kappa shape index (κ1) is 15.4. The van der Waals surface area contributed by atoms with Gasteiger partial charge >= 0.3 is 0 Å². The van der Waals surface area contributed by atoms with Crippen LogP contribution in [0.15, 0.2) is 0 Å². The van der Waals surface area contributed by atoms with Crippen LogP contribution in [0.3, 0.4) is 0 Å². The van der Waals surface area contributed by atoms with E-state index in [0.29, 0.717) is 18.9 Å². The summed E-state index contributed by atoms with van der Waals surface area (Å²) in [5, 5.41) is 3.09. The maximum absolute atomic E-state index is 11.8. The van der Waals surface area contributed by atoms with Crippen molar-refractivity contribution in [2.75, 3.05) is 26.2 Å². The van der Waals surface area contributed by atoms with Gasteiger partial charge in [0.25, 0.3) is 0 Å². The molecular weight excluding hydrogens is 226 g/mol. The van der Waals surface area contributed by atoms with E-state index in [1.165, 1.54) is 32.4 Å². The second-order valence-electron chi connectivity index (χ2n) is 5.54. The maximum Gasteiger partial charge on any atom is 0.220 e. The molecule has 1 heterocycles. The smallest absolute Gasteiger partial charge is 0.220 e. The van der Waals surface area contributed by atoms with Crippen LogP contribution in [0.25, 0.3) is 0 Å². The van der Waals surface area contributed by atoms with E-state index < -0.39 is 0 Å². The summed E-state index contributed by atoms with van der Waals surface area (Å²) in [4.78, 5) is 14.3. The summed E-state index contributed by atoms with van der Waals surface area (Å²) in [7, 11) is 0. The van der Waals surface area contributed by atoms with Gasteiger partial charge in [-0.1, -0.05) is 19.8 Å². The lowest BCUT2D eigenvalue weighted by atomic mass is 10.0. The van der Waals surface area contributed by atoms with Gasteiger partial charge in [0.15, 0.2) is 0 Å². The Balaban J connectivity index is 2.21. The fourth-order valence-electron chi connectivity index (χ4n) is 2.57. The first-order valence-corrected chi connectivity index (χ1v) is 7.37. The Morgan fingerprint density at radius 1 is 1.33 bits per heavy atom. The molecule has 1 fully saturated rings. The van der Waals surface area contributed by atoms with Crippen LogP contribution in [0, 0.1) is 5.92 Å². The fourth-order valence-corrected chi connectivity index (χ4v) is 2.57. The van der Waals surface area contributed by atoms with Crippen LogP contribution in [0.5, 0.6) is 0 Å². The van der Waals surface area contributed by atoms with Gasteiger partial charge in [0.1, 0.15) is 0 Å². The number of nitrogens with two attached hydrogens (primary N) is 1. The van der Waals surface area contributed by atoms with Gasteiger partial charge in [-0.25, -0.2) is 0 Å². The predicted octanol–water partition coefficient (Wildman–Crippen LogP) is 1.35. The van der Waals surface area contributed by atoms with Crippen molar-refractivity contribution < 1.29 is 4.79 Å². The highest BCUT2D eigenvalue weighted by Gasteiger charge is 2.16. The average Bonchev–Trinajstić information content (AvgIpc) is 2.36. The van der Waals surface area contributed by atoms with Gasteiger partial charge in [-0.05, 0) is 45.3 Å². The number of likely N-dealkylation sites (tertiary alicyclic amines) is 1. The van der Waals surface area contributed by atoms with Crippen LogP contribution in [-0.4, -0.2) is 43.0 Å². The van der Waals surface area contributed by atoms with E-state index in [2.05, 4.69) is 24.1 Å². The third-order valence-electron chi connectivity index (χ3n) is 3.77. The minimum Gasteiger partial charge on any atom is -0.352 e. The number of piperidine rings is 1. The summed E-state index contributed by atoms with van der Waals surface area (Å²) < 4.78 is 0. The van der Waals surface area contributed by atoms with E-state index in [1.807, 2.05) is 0 Å². The molecule has 1 amide bonds. The van der Waals surface area contributed by atoms with E-state index in [9.17, 15) is 4.79 Å². The lowest BCUT2D eigenvalue weighted by Gasteiger charge is -2.29. The highest BCUT2D eigenvalue weighted by atomic mass is 16.1. The molecule has 0 aromatic heterocycles. The molecule has 0 saturated carbocycles. The molecule has 106 valence electrons. The molecule has 1 rings (SSSR count). The topological polar surface area (TPSA) is 58.4 Å². The van der Waals surface area contributed by atoms with Crippen molar-refractivity contribution >= 4 is 5.91 Å². The Hall–Kier alpha value is -0.610. The van der Waals surface area contributed by atoms with E-state index in [1.54, 1.807) is 0 Å². The molecule has 2 atom stereocenters. The molecule has 0 aliphatic carbocycles. The number of carbonyl (C=O) groups excluding carboxylic acids is 1. The van der Waals surface area contributed by atoms with Crippen molar-refractivity contribution in [3.8, 4) is 0 Å². The molecule has 0 spiro atoms. The van der Waals surface area contributed by atoms with Crippen molar-refractivity contribution in [1.82, 2.24) is 10.2 Å². The normalized spacial score (nSPS) is 20.4. The van der Waals surface area contributed by atoms with Crippen molar-refractivity contribution in [1.29, 1.82) is 0 Å². The number of hydrogen-bond donors (Lipinski definition) is 2. The third kappa shape index (κ3) is 5.83. The molecule has 0 aromatic carbocycles. The van der Waals surface area contributed by atoms with E-state index in [-0.39, 0.29) is 11.9 Å². The van der Waals surface area contributed by atoms with Crippen molar-refractivity contribution in [3.63, 3.8) is 0 Å². The summed E-state index contributed by atoms with van der Waals surface area (Å²) in [5.41, 5.74) is 5.62. The minimum absolute atomic E-state index is 0.150. The number of nitrogens with one attached hydrogen (secondary N) is 1. The zero-order valence-electron chi connectivity index (χ0n) is 12.0. The van der Waals surface area contributed by atoms with Gasteiger partial charge in [0.2, 0.25) is 5.91 Å². The van der Waals surface area contributed by atoms with Crippen LogP contribution in [0.2, 0.25) is 0 Å². The van der Waals surface area contributed by atoms with Crippen molar-refractivity contribution in [3.05, 3.63) is 0 Å². The van der Waals surface area contributed by atoms with Gasteiger partial charge in [-0.3, -0.25) is 4.79 Å². The number of amides is 1. The van der Waals surface area contributed by atoms with Crippen LogP contribution in [-0.2, 0) is 4.79 Å². The number of nitrogens with zero attached hydrogens (tertiary/aromatic N) is 1. The second-order valence-corrected chi connectivity index (χ2v) is 5.54. The van der Waals surface area contributed by atoms with E-state index >= 15 is 0 Å². The summed E-state index contributed by atoms with van der Waals surface area (Å²) >= 11 is 0. The molecule has 0 radical (unpaired) electrons. The Kier molecular flexibility index (Phi) is 7.28. The van der Waals surface area contributed by atoms with Gasteiger partial charge in [-0.15, -0.1) is 0 Å². The molecule has 1 saturated heterocycles. The Morgan fingerprint density at radius 2 is 2.00 bits per heavy atom. The fraction of sp³-hybridized carbons (Fsp3) is 0.929. The molecule has 2 unspecified atom stereocenters. The van der Waals surface area contributed by atoms with Gasteiger partial charge in [-0.2, -0.15) is 0 Å². The van der Waals surface area contributed by atoms with Crippen LogP contribution < -0.4 is 11.1 Å². The summed E-state index contributed by atoms with van der Waals surface area (Å²) in [5.74, 6) is 0.476. The SMILES string of the molecule is CCC(CN)CC(=O)NC(C)CN1CCCCC1. The quantitative estimate of drug-likeness (QED) is 0.722. The Morgan fingerprint density at radius 3 is 2.56 bits per heavy atom. The molecule has 18 heavy (non-hydrogen) atoms.